The lowest BCUT2D eigenvalue weighted by molar-refractivity contribution is 0.181. The minimum Gasteiger partial charge on any atom is -0.496 e. The highest BCUT2D eigenvalue weighted by Gasteiger charge is 2.21. The van der Waals surface area contributed by atoms with Crippen LogP contribution in [0.2, 0.25) is 0 Å². The molecule has 0 bridgehead atoms. The van der Waals surface area contributed by atoms with Crippen LogP contribution in [0.25, 0.3) is 0 Å². The van der Waals surface area contributed by atoms with Crippen molar-refractivity contribution in [3.8, 4) is 11.5 Å². The molecule has 0 saturated carbocycles. The highest BCUT2D eigenvalue weighted by Crippen LogP contribution is 2.39. The van der Waals surface area contributed by atoms with Gasteiger partial charge in [-0.3, -0.25) is 0 Å². The summed E-state index contributed by atoms with van der Waals surface area (Å²) in [6.45, 7) is 2.21. The Kier molecular flexibility index (Phi) is 4.50. The van der Waals surface area contributed by atoms with Gasteiger partial charge in [0.15, 0.2) is 0 Å². The molecule has 2 rings (SSSR count). The number of aliphatic hydroxyl groups is 1. The summed E-state index contributed by atoms with van der Waals surface area (Å²) in [5.74, 6) is 1.41. The summed E-state index contributed by atoms with van der Waals surface area (Å²) >= 11 is 0. The van der Waals surface area contributed by atoms with E-state index in [2.05, 4.69) is 4.90 Å². The fourth-order valence-corrected chi connectivity index (χ4v) is 2.50. The summed E-state index contributed by atoms with van der Waals surface area (Å²) in [6.07, 6.45) is 1.65. The predicted octanol–water partition coefficient (Wildman–Crippen LogP) is 1.30. The van der Waals surface area contributed by atoms with Gasteiger partial charge in [0, 0.05) is 31.3 Å². The average Bonchev–Trinajstić information content (AvgIpc) is 2.98. The van der Waals surface area contributed by atoms with E-state index < -0.39 is 6.10 Å². The molecule has 1 aromatic carbocycles. The normalized spacial score (nSPS) is 16.5. The van der Waals surface area contributed by atoms with Gasteiger partial charge in [-0.2, -0.15) is 0 Å². The fraction of sp³-hybridized carbons (Fsp3) is 0.571. The zero-order valence-corrected chi connectivity index (χ0v) is 11.6. The molecule has 3 N–H and O–H groups in total. The molecule has 0 spiro atoms. The van der Waals surface area contributed by atoms with E-state index >= 15 is 0 Å². The molecule has 5 nitrogen and oxygen atoms in total. The third kappa shape index (κ3) is 2.77. The standard InChI is InChI=1S/C14H22N2O3/c1-18-13-8-11(16-5-3-4-6-16)14(19-2)7-10(13)12(17)9-15/h7-8,12,17H,3-6,9,15H2,1-2H3. The molecule has 1 saturated heterocycles. The molecule has 1 atom stereocenters. The Morgan fingerprint density at radius 3 is 2.37 bits per heavy atom. The first-order chi connectivity index (χ1) is 9.21. The van der Waals surface area contributed by atoms with Gasteiger partial charge >= 0.3 is 0 Å². The Labute approximate surface area is 113 Å². The number of hydrogen-bond donors (Lipinski definition) is 2. The monoisotopic (exact) mass is 266 g/mol. The number of ether oxygens (including phenoxy) is 2. The number of nitrogens with two attached hydrogens (primary N) is 1. The summed E-state index contributed by atoms with van der Waals surface area (Å²) in [5, 5.41) is 9.94. The van der Waals surface area contributed by atoms with E-state index in [9.17, 15) is 5.11 Å². The van der Waals surface area contributed by atoms with Crippen LogP contribution in [0.4, 0.5) is 5.69 Å². The Morgan fingerprint density at radius 2 is 1.84 bits per heavy atom. The van der Waals surface area contributed by atoms with E-state index in [1.165, 1.54) is 12.8 Å². The first-order valence-corrected chi connectivity index (χ1v) is 6.60. The molecule has 1 unspecified atom stereocenters. The molecule has 106 valence electrons. The summed E-state index contributed by atoms with van der Waals surface area (Å²) in [6, 6.07) is 3.75. The second-order valence-corrected chi connectivity index (χ2v) is 4.71. The Hall–Kier alpha value is -1.46. The number of benzene rings is 1. The van der Waals surface area contributed by atoms with Crippen molar-refractivity contribution >= 4 is 5.69 Å². The maximum Gasteiger partial charge on any atom is 0.142 e. The summed E-state index contributed by atoms with van der Waals surface area (Å²) in [4.78, 5) is 2.28. The van der Waals surface area contributed by atoms with Crippen molar-refractivity contribution in [1.29, 1.82) is 0 Å². The van der Waals surface area contributed by atoms with Gasteiger partial charge in [0.05, 0.1) is 26.0 Å². The largest absolute Gasteiger partial charge is 0.496 e. The van der Waals surface area contributed by atoms with Crippen LogP contribution in [-0.4, -0.2) is 39.0 Å². The van der Waals surface area contributed by atoms with Crippen molar-refractivity contribution in [2.45, 2.75) is 18.9 Å². The third-order valence-corrected chi connectivity index (χ3v) is 3.56. The van der Waals surface area contributed by atoms with E-state index in [1.54, 1.807) is 14.2 Å². The molecule has 0 aliphatic carbocycles. The van der Waals surface area contributed by atoms with Gasteiger partial charge in [0.1, 0.15) is 11.5 Å². The smallest absolute Gasteiger partial charge is 0.142 e. The second-order valence-electron chi connectivity index (χ2n) is 4.71. The van der Waals surface area contributed by atoms with Gasteiger partial charge in [0.25, 0.3) is 0 Å². The van der Waals surface area contributed by atoms with Crippen LogP contribution < -0.4 is 20.1 Å². The molecule has 0 amide bonds. The number of nitrogens with zero attached hydrogens (tertiary/aromatic N) is 1. The van der Waals surface area contributed by atoms with E-state index in [0.29, 0.717) is 11.3 Å². The van der Waals surface area contributed by atoms with E-state index in [0.717, 1.165) is 24.5 Å². The molecule has 1 heterocycles. The SMILES string of the molecule is COc1cc(N2CCCC2)c(OC)cc1C(O)CN. The quantitative estimate of drug-likeness (QED) is 0.840. The van der Waals surface area contributed by atoms with E-state index in [4.69, 9.17) is 15.2 Å². The van der Waals surface area contributed by atoms with Crippen molar-refractivity contribution < 1.29 is 14.6 Å². The second kappa shape index (κ2) is 6.12. The molecular weight excluding hydrogens is 244 g/mol. The van der Waals surface area contributed by atoms with Crippen LogP contribution in [-0.2, 0) is 0 Å². The van der Waals surface area contributed by atoms with Crippen LogP contribution in [0.5, 0.6) is 11.5 Å². The first kappa shape index (κ1) is 14.0. The molecule has 5 heteroatoms. The predicted molar refractivity (Wildman–Crippen MR) is 75.0 cm³/mol. The summed E-state index contributed by atoms with van der Waals surface area (Å²) < 4.78 is 10.8. The van der Waals surface area contributed by atoms with Gasteiger partial charge in [-0.25, -0.2) is 0 Å². The number of aliphatic hydroxyl groups excluding tert-OH is 1. The lowest BCUT2D eigenvalue weighted by Gasteiger charge is -2.23. The van der Waals surface area contributed by atoms with Crippen LogP contribution in [0, 0.1) is 0 Å². The number of anilines is 1. The molecule has 0 radical (unpaired) electrons. The van der Waals surface area contributed by atoms with Crippen LogP contribution in [0.1, 0.15) is 24.5 Å². The van der Waals surface area contributed by atoms with Crippen molar-refractivity contribution in [1.82, 2.24) is 0 Å². The topological polar surface area (TPSA) is 68.0 Å². The molecule has 1 aliphatic heterocycles. The van der Waals surface area contributed by atoms with Gasteiger partial charge in [-0.1, -0.05) is 0 Å². The molecule has 0 aromatic heterocycles. The van der Waals surface area contributed by atoms with Crippen molar-refractivity contribution in [3.63, 3.8) is 0 Å². The van der Waals surface area contributed by atoms with Gasteiger partial charge in [0.2, 0.25) is 0 Å². The van der Waals surface area contributed by atoms with Crippen LogP contribution in [0.15, 0.2) is 12.1 Å². The highest BCUT2D eigenvalue weighted by atomic mass is 16.5. The lowest BCUT2D eigenvalue weighted by Crippen LogP contribution is -2.19. The Balaban J connectivity index is 2.43. The van der Waals surface area contributed by atoms with Gasteiger partial charge in [-0.15, -0.1) is 0 Å². The number of hydrogen-bond acceptors (Lipinski definition) is 5. The van der Waals surface area contributed by atoms with Crippen LogP contribution in [0.3, 0.4) is 0 Å². The average molecular weight is 266 g/mol. The molecule has 1 aliphatic rings. The fourth-order valence-electron chi connectivity index (χ4n) is 2.50. The summed E-state index contributed by atoms with van der Waals surface area (Å²) in [7, 11) is 3.24. The zero-order valence-electron chi connectivity index (χ0n) is 11.6. The van der Waals surface area contributed by atoms with Crippen molar-refractivity contribution in [2.24, 2.45) is 5.73 Å². The van der Waals surface area contributed by atoms with Crippen molar-refractivity contribution in [2.75, 3.05) is 38.8 Å². The van der Waals surface area contributed by atoms with Gasteiger partial charge < -0.3 is 25.2 Å². The van der Waals surface area contributed by atoms with Gasteiger partial charge in [-0.05, 0) is 18.9 Å². The lowest BCUT2D eigenvalue weighted by atomic mass is 10.1. The Bertz CT molecular complexity index is 431. The van der Waals surface area contributed by atoms with E-state index in [1.807, 2.05) is 12.1 Å². The maximum absolute atomic E-state index is 9.94. The maximum atomic E-state index is 9.94. The Morgan fingerprint density at radius 1 is 1.21 bits per heavy atom. The molecular formula is C14H22N2O3. The minimum absolute atomic E-state index is 0.155. The summed E-state index contributed by atoms with van der Waals surface area (Å²) in [5.41, 5.74) is 7.21. The first-order valence-electron chi connectivity index (χ1n) is 6.60. The van der Waals surface area contributed by atoms with E-state index in [-0.39, 0.29) is 6.54 Å². The molecule has 1 aromatic rings. The van der Waals surface area contributed by atoms with Crippen LogP contribution >= 0.6 is 0 Å². The third-order valence-electron chi connectivity index (χ3n) is 3.56. The molecule has 1 fully saturated rings. The highest BCUT2D eigenvalue weighted by molar-refractivity contribution is 5.64. The number of rotatable bonds is 5. The molecule has 19 heavy (non-hydrogen) atoms. The number of methoxy groups -OCH3 is 2. The minimum atomic E-state index is -0.739. The van der Waals surface area contributed by atoms with Crippen molar-refractivity contribution in [3.05, 3.63) is 17.7 Å². The zero-order chi connectivity index (χ0) is 13.8.